The van der Waals surface area contributed by atoms with E-state index in [0.29, 0.717) is 5.75 Å². The molecule has 0 aliphatic heterocycles. The van der Waals surface area contributed by atoms with Gasteiger partial charge in [-0.1, -0.05) is 31.0 Å². The molecule has 0 atom stereocenters. The highest BCUT2D eigenvalue weighted by atomic mass is 16.5. The van der Waals surface area contributed by atoms with E-state index in [1.54, 1.807) is 0 Å². The molecule has 0 radical (unpaired) electrons. The lowest BCUT2D eigenvalue weighted by atomic mass is 10.1. The maximum atomic E-state index is 12.3. The summed E-state index contributed by atoms with van der Waals surface area (Å²) in [6.45, 7) is 8.09. The van der Waals surface area contributed by atoms with Crippen molar-refractivity contribution in [1.82, 2.24) is 9.78 Å². The first-order valence-electron chi connectivity index (χ1n) is 7.80. The molecule has 22 heavy (non-hydrogen) atoms. The van der Waals surface area contributed by atoms with Crippen LogP contribution in [-0.2, 0) is 6.42 Å². The number of aromatic nitrogens is 2. The predicted octanol–water partition coefficient (Wildman–Crippen LogP) is 3.87. The molecule has 0 amide bonds. The van der Waals surface area contributed by atoms with Crippen LogP contribution in [0.5, 0.6) is 5.75 Å². The van der Waals surface area contributed by atoms with Crippen molar-refractivity contribution >= 4 is 5.91 Å². The van der Waals surface area contributed by atoms with Gasteiger partial charge in [0.05, 0.1) is 5.69 Å². The number of benzene rings is 1. The Bertz CT molecular complexity index is 642. The molecule has 0 saturated heterocycles. The second kappa shape index (κ2) is 7.25. The van der Waals surface area contributed by atoms with Crippen LogP contribution in [0.2, 0.25) is 0 Å². The van der Waals surface area contributed by atoms with Crippen LogP contribution in [0.1, 0.15) is 47.1 Å². The lowest BCUT2D eigenvalue weighted by molar-refractivity contribution is 0.0818. The normalized spacial score (nSPS) is 10.7. The van der Waals surface area contributed by atoms with E-state index in [-0.39, 0.29) is 12.5 Å². The Balaban J connectivity index is 2.04. The van der Waals surface area contributed by atoms with Gasteiger partial charge in [-0.2, -0.15) is 5.10 Å². The van der Waals surface area contributed by atoms with Crippen molar-refractivity contribution in [2.45, 2.75) is 47.0 Å². The van der Waals surface area contributed by atoms with E-state index < -0.39 is 0 Å². The average molecular weight is 300 g/mol. The van der Waals surface area contributed by atoms with Gasteiger partial charge in [0.15, 0.2) is 6.61 Å². The first-order chi connectivity index (χ1) is 10.5. The van der Waals surface area contributed by atoms with Gasteiger partial charge < -0.3 is 4.74 Å². The molecule has 2 rings (SSSR count). The third-order valence-electron chi connectivity index (χ3n) is 3.84. The van der Waals surface area contributed by atoms with Crippen molar-refractivity contribution in [3.05, 3.63) is 46.8 Å². The van der Waals surface area contributed by atoms with E-state index in [0.717, 1.165) is 36.2 Å². The monoisotopic (exact) mass is 300 g/mol. The van der Waals surface area contributed by atoms with Gasteiger partial charge in [-0.3, -0.25) is 4.79 Å². The molecule has 0 saturated carbocycles. The second-order valence-electron chi connectivity index (χ2n) is 5.66. The molecule has 0 fully saturated rings. The maximum absolute atomic E-state index is 12.3. The standard InChI is InChI=1S/C18H24N2O2/c1-5-6-7-17-14(3)19-20(15(17)4)18(21)12-22-16-10-8-13(2)9-11-16/h8-11H,5-7,12H2,1-4H3. The van der Waals surface area contributed by atoms with Crippen molar-refractivity contribution in [3.8, 4) is 5.75 Å². The molecule has 118 valence electrons. The highest BCUT2D eigenvalue weighted by Gasteiger charge is 2.16. The molecule has 4 nitrogen and oxygen atoms in total. The number of carbonyl (C=O) groups excluding carboxylic acids is 1. The van der Waals surface area contributed by atoms with Gasteiger partial charge in [-0.25, -0.2) is 4.68 Å². The fraction of sp³-hybridized carbons (Fsp3) is 0.444. The lowest BCUT2D eigenvalue weighted by Gasteiger charge is -2.07. The zero-order valence-electron chi connectivity index (χ0n) is 13.8. The molecule has 1 aromatic heterocycles. The minimum Gasteiger partial charge on any atom is -0.484 e. The first-order valence-corrected chi connectivity index (χ1v) is 7.80. The lowest BCUT2D eigenvalue weighted by Crippen LogP contribution is -2.21. The summed E-state index contributed by atoms with van der Waals surface area (Å²) in [4.78, 5) is 12.3. The van der Waals surface area contributed by atoms with E-state index in [2.05, 4.69) is 12.0 Å². The Morgan fingerprint density at radius 3 is 2.50 bits per heavy atom. The third kappa shape index (κ3) is 3.75. The maximum Gasteiger partial charge on any atom is 0.284 e. The van der Waals surface area contributed by atoms with Gasteiger partial charge in [-0.05, 0) is 51.3 Å². The van der Waals surface area contributed by atoms with Crippen LogP contribution in [0.4, 0.5) is 0 Å². The van der Waals surface area contributed by atoms with Gasteiger partial charge in [-0.15, -0.1) is 0 Å². The molecular weight excluding hydrogens is 276 g/mol. The van der Waals surface area contributed by atoms with Gasteiger partial charge >= 0.3 is 0 Å². The largest absolute Gasteiger partial charge is 0.484 e. The molecule has 0 aliphatic rings. The summed E-state index contributed by atoms with van der Waals surface area (Å²) < 4.78 is 7.03. The zero-order chi connectivity index (χ0) is 16.1. The number of carbonyl (C=O) groups is 1. The SMILES string of the molecule is CCCCc1c(C)nn(C(=O)COc2ccc(C)cc2)c1C. The van der Waals surface area contributed by atoms with Gasteiger partial charge in [0.25, 0.3) is 5.91 Å². The summed E-state index contributed by atoms with van der Waals surface area (Å²) in [5, 5.41) is 4.38. The summed E-state index contributed by atoms with van der Waals surface area (Å²) in [5.41, 5.74) is 4.22. The number of unbranched alkanes of at least 4 members (excludes halogenated alkanes) is 1. The second-order valence-corrected chi connectivity index (χ2v) is 5.66. The van der Waals surface area contributed by atoms with Crippen molar-refractivity contribution in [2.24, 2.45) is 0 Å². The number of nitrogens with zero attached hydrogens (tertiary/aromatic N) is 2. The molecule has 0 bridgehead atoms. The summed E-state index contributed by atoms with van der Waals surface area (Å²) in [6.07, 6.45) is 3.22. The Labute approximate surface area is 132 Å². The van der Waals surface area contributed by atoms with Crippen LogP contribution >= 0.6 is 0 Å². The third-order valence-corrected chi connectivity index (χ3v) is 3.84. The molecule has 2 aromatic rings. The number of aryl methyl sites for hydroxylation is 2. The molecule has 0 N–H and O–H groups in total. The minimum absolute atomic E-state index is 0.00175. The van der Waals surface area contributed by atoms with Crippen LogP contribution < -0.4 is 4.74 Å². The molecule has 0 spiro atoms. The van der Waals surface area contributed by atoms with E-state index in [9.17, 15) is 4.79 Å². The quantitative estimate of drug-likeness (QED) is 0.813. The fourth-order valence-corrected chi connectivity index (χ4v) is 2.47. The molecule has 4 heteroatoms. The number of ether oxygens (including phenoxy) is 1. The Morgan fingerprint density at radius 2 is 1.86 bits per heavy atom. The van der Waals surface area contributed by atoms with Crippen molar-refractivity contribution in [1.29, 1.82) is 0 Å². The average Bonchev–Trinajstić information content (AvgIpc) is 2.79. The van der Waals surface area contributed by atoms with Gasteiger partial charge in [0.1, 0.15) is 5.75 Å². The summed E-state index contributed by atoms with van der Waals surface area (Å²) in [5.74, 6) is 0.565. The number of rotatable bonds is 6. The summed E-state index contributed by atoms with van der Waals surface area (Å²) >= 11 is 0. The molecular formula is C18H24N2O2. The predicted molar refractivity (Wildman–Crippen MR) is 87.6 cm³/mol. The smallest absolute Gasteiger partial charge is 0.284 e. The Hall–Kier alpha value is -2.10. The first kappa shape index (κ1) is 16.3. The molecule has 0 unspecified atom stereocenters. The molecule has 0 aliphatic carbocycles. The fourth-order valence-electron chi connectivity index (χ4n) is 2.47. The van der Waals surface area contributed by atoms with Gasteiger partial charge in [0.2, 0.25) is 0 Å². The van der Waals surface area contributed by atoms with Gasteiger partial charge in [0, 0.05) is 5.69 Å². The van der Waals surface area contributed by atoms with Crippen LogP contribution in [0.15, 0.2) is 24.3 Å². The molecule has 1 aromatic carbocycles. The van der Waals surface area contributed by atoms with E-state index in [1.807, 2.05) is 45.0 Å². The highest BCUT2D eigenvalue weighted by molar-refractivity contribution is 5.80. The van der Waals surface area contributed by atoms with E-state index in [4.69, 9.17) is 4.74 Å². The van der Waals surface area contributed by atoms with Crippen molar-refractivity contribution in [3.63, 3.8) is 0 Å². The zero-order valence-corrected chi connectivity index (χ0v) is 13.8. The highest BCUT2D eigenvalue weighted by Crippen LogP contribution is 2.16. The van der Waals surface area contributed by atoms with Crippen LogP contribution in [0.3, 0.4) is 0 Å². The van der Waals surface area contributed by atoms with E-state index in [1.165, 1.54) is 10.2 Å². The van der Waals surface area contributed by atoms with Crippen LogP contribution in [0, 0.1) is 20.8 Å². The van der Waals surface area contributed by atoms with Crippen LogP contribution in [0.25, 0.3) is 0 Å². The number of hydrogen-bond acceptors (Lipinski definition) is 3. The minimum atomic E-state index is -0.135. The molecule has 1 heterocycles. The topological polar surface area (TPSA) is 44.1 Å². The summed E-state index contributed by atoms with van der Waals surface area (Å²) in [6, 6.07) is 7.67. The number of hydrogen-bond donors (Lipinski definition) is 0. The van der Waals surface area contributed by atoms with Crippen molar-refractivity contribution < 1.29 is 9.53 Å². The Kier molecular flexibility index (Phi) is 5.36. The Morgan fingerprint density at radius 1 is 1.18 bits per heavy atom. The van der Waals surface area contributed by atoms with E-state index >= 15 is 0 Å². The summed E-state index contributed by atoms with van der Waals surface area (Å²) in [7, 11) is 0. The van der Waals surface area contributed by atoms with Crippen LogP contribution in [-0.4, -0.2) is 22.3 Å². The van der Waals surface area contributed by atoms with Crippen molar-refractivity contribution in [2.75, 3.05) is 6.61 Å².